The lowest BCUT2D eigenvalue weighted by molar-refractivity contribution is -0.132. The monoisotopic (exact) mass is 350 g/mol. The summed E-state index contributed by atoms with van der Waals surface area (Å²) in [5.41, 5.74) is 3.87. The van der Waals surface area contributed by atoms with Gasteiger partial charge in [-0.1, -0.05) is 36.4 Å². The first-order valence-corrected chi connectivity index (χ1v) is 9.07. The van der Waals surface area contributed by atoms with Gasteiger partial charge in [-0.25, -0.2) is 4.79 Å². The van der Waals surface area contributed by atoms with Gasteiger partial charge in [0.15, 0.2) is 5.58 Å². The Morgan fingerprint density at radius 2 is 1.96 bits per heavy atom. The molecular formula is C21H22N2O3. The smallest absolute Gasteiger partial charge is 0.408 e. The van der Waals surface area contributed by atoms with E-state index in [1.165, 1.54) is 15.7 Å². The molecule has 1 atom stereocenters. The lowest BCUT2D eigenvalue weighted by Crippen LogP contribution is -2.34. The third-order valence-electron chi connectivity index (χ3n) is 5.32. The van der Waals surface area contributed by atoms with E-state index in [9.17, 15) is 9.59 Å². The molecule has 1 heterocycles. The van der Waals surface area contributed by atoms with E-state index >= 15 is 0 Å². The van der Waals surface area contributed by atoms with Crippen molar-refractivity contribution in [2.75, 3.05) is 7.05 Å². The minimum atomic E-state index is -0.412. The predicted molar refractivity (Wildman–Crippen MR) is 100.0 cm³/mol. The Balaban J connectivity index is 1.50. The number of carbonyl (C=O) groups excluding carboxylic acids is 1. The molecule has 1 aliphatic carbocycles. The van der Waals surface area contributed by atoms with Gasteiger partial charge in [0, 0.05) is 20.0 Å². The maximum absolute atomic E-state index is 12.8. The summed E-state index contributed by atoms with van der Waals surface area (Å²) in [6.07, 6.45) is 3.42. The molecule has 1 amide bonds. The van der Waals surface area contributed by atoms with Crippen LogP contribution in [0.4, 0.5) is 0 Å². The van der Waals surface area contributed by atoms with Crippen LogP contribution < -0.4 is 5.76 Å². The third-order valence-corrected chi connectivity index (χ3v) is 5.32. The fraction of sp³-hybridized carbons (Fsp3) is 0.333. The number of para-hydroxylation sites is 2. The summed E-state index contributed by atoms with van der Waals surface area (Å²) < 4.78 is 6.77. The van der Waals surface area contributed by atoms with Crippen molar-refractivity contribution >= 4 is 17.0 Å². The summed E-state index contributed by atoms with van der Waals surface area (Å²) in [5.74, 6) is -0.367. The van der Waals surface area contributed by atoms with Gasteiger partial charge in [0.25, 0.3) is 0 Å². The van der Waals surface area contributed by atoms with Gasteiger partial charge in [-0.05, 0) is 42.5 Å². The summed E-state index contributed by atoms with van der Waals surface area (Å²) in [6.45, 7) is 0.327. The molecule has 0 unspecified atom stereocenters. The molecule has 0 fully saturated rings. The van der Waals surface area contributed by atoms with Crippen molar-refractivity contribution in [2.24, 2.45) is 0 Å². The van der Waals surface area contributed by atoms with Crippen molar-refractivity contribution in [1.29, 1.82) is 0 Å². The molecule has 0 saturated heterocycles. The van der Waals surface area contributed by atoms with E-state index in [2.05, 4.69) is 18.2 Å². The van der Waals surface area contributed by atoms with Gasteiger partial charge in [-0.15, -0.1) is 0 Å². The number of benzene rings is 2. The van der Waals surface area contributed by atoms with Gasteiger partial charge in [-0.3, -0.25) is 9.36 Å². The highest BCUT2D eigenvalue weighted by Crippen LogP contribution is 2.33. The van der Waals surface area contributed by atoms with Gasteiger partial charge >= 0.3 is 5.76 Å². The summed E-state index contributed by atoms with van der Waals surface area (Å²) in [7, 11) is 1.87. The summed E-state index contributed by atoms with van der Waals surface area (Å²) in [6, 6.07) is 15.8. The van der Waals surface area contributed by atoms with Crippen LogP contribution >= 0.6 is 0 Å². The highest BCUT2D eigenvalue weighted by Gasteiger charge is 2.26. The zero-order valence-electron chi connectivity index (χ0n) is 14.9. The molecule has 1 aromatic heterocycles. The third kappa shape index (κ3) is 2.94. The van der Waals surface area contributed by atoms with Crippen molar-refractivity contribution in [2.45, 2.75) is 38.3 Å². The molecular weight excluding hydrogens is 328 g/mol. The Labute approximate surface area is 151 Å². The van der Waals surface area contributed by atoms with E-state index in [4.69, 9.17) is 4.42 Å². The van der Waals surface area contributed by atoms with E-state index in [1.807, 2.05) is 36.2 Å². The number of hydrogen-bond donors (Lipinski definition) is 0. The summed E-state index contributed by atoms with van der Waals surface area (Å²) in [5, 5.41) is 0. The minimum absolute atomic E-state index is 0.0453. The quantitative estimate of drug-likeness (QED) is 0.723. The molecule has 3 aromatic rings. The normalized spacial score (nSPS) is 16.4. The second-order valence-corrected chi connectivity index (χ2v) is 6.85. The Morgan fingerprint density at radius 1 is 1.19 bits per heavy atom. The molecule has 26 heavy (non-hydrogen) atoms. The molecule has 0 radical (unpaired) electrons. The highest BCUT2D eigenvalue weighted by molar-refractivity contribution is 5.77. The van der Waals surface area contributed by atoms with Crippen molar-refractivity contribution in [3.05, 3.63) is 70.2 Å². The van der Waals surface area contributed by atoms with Gasteiger partial charge in [0.2, 0.25) is 5.91 Å². The molecule has 5 nitrogen and oxygen atoms in total. The second kappa shape index (κ2) is 6.83. The molecule has 0 saturated carbocycles. The van der Waals surface area contributed by atoms with Gasteiger partial charge < -0.3 is 9.32 Å². The standard InChI is InChI=1S/C21H22N2O3/c1-22(17-11-6-8-15-7-2-3-9-16(15)17)20(24)13-14-23-18-10-4-5-12-19(18)26-21(23)25/h2-5,7,9-10,12,17H,6,8,11,13-14H2,1H3/t17-/m0/s1. The number of fused-ring (bicyclic) bond motifs is 2. The van der Waals surface area contributed by atoms with E-state index in [-0.39, 0.29) is 18.4 Å². The first-order valence-electron chi connectivity index (χ1n) is 9.07. The molecule has 1 aliphatic rings. The molecule has 134 valence electrons. The molecule has 0 bridgehead atoms. The fourth-order valence-corrected chi connectivity index (χ4v) is 3.91. The number of aryl methyl sites for hydroxylation is 2. The Bertz CT molecular complexity index is 1000. The Hall–Kier alpha value is -2.82. The van der Waals surface area contributed by atoms with E-state index in [1.54, 1.807) is 6.07 Å². The van der Waals surface area contributed by atoms with Crippen molar-refractivity contribution in [3.63, 3.8) is 0 Å². The number of nitrogens with zero attached hydrogens (tertiary/aromatic N) is 2. The lowest BCUT2D eigenvalue weighted by atomic mass is 9.87. The van der Waals surface area contributed by atoms with Crippen molar-refractivity contribution in [1.82, 2.24) is 9.47 Å². The van der Waals surface area contributed by atoms with Crippen LogP contribution in [-0.2, 0) is 17.8 Å². The summed E-state index contributed by atoms with van der Waals surface area (Å²) >= 11 is 0. The largest absolute Gasteiger partial charge is 0.419 e. The van der Waals surface area contributed by atoms with Gasteiger partial charge in [0.1, 0.15) is 0 Å². The molecule has 4 rings (SSSR count). The molecule has 0 spiro atoms. The minimum Gasteiger partial charge on any atom is -0.408 e. The second-order valence-electron chi connectivity index (χ2n) is 6.85. The van der Waals surface area contributed by atoms with Crippen molar-refractivity contribution in [3.8, 4) is 0 Å². The average molecular weight is 350 g/mol. The molecule has 0 N–H and O–H groups in total. The van der Waals surface area contributed by atoms with Crippen LogP contribution in [0.3, 0.4) is 0 Å². The lowest BCUT2D eigenvalue weighted by Gasteiger charge is -2.33. The van der Waals surface area contributed by atoms with Crippen LogP contribution in [0.2, 0.25) is 0 Å². The van der Waals surface area contributed by atoms with E-state index in [0.717, 1.165) is 24.8 Å². The fourth-order valence-electron chi connectivity index (χ4n) is 3.91. The Morgan fingerprint density at radius 3 is 2.85 bits per heavy atom. The van der Waals surface area contributed by atoms with Crippen LogP contribution in [0.25, 0.3) is 11.1 Å². The predicted octanol–water partition coefficient (Wildman–Crippen LogP) is 3.52. The van der Waals surface area contributed by atoms with Crippen LogP contribution in [0, 0.1) is 0 Å². The average Bonchev–Trinajstić information content (AvgIpc) is 3.00. The van der Waals surface area contributed by atoms with Crippen molar-refractivity contribution < 1.29 is 9.21 Å². The van der Waals surface area contributed by atoms with Crippen LogP contribution in [-0.4, -0.2) is 22.4 Å². The van der Waals surface area contributed by atoms with Gasteiger partial charge in [0.05, 0.1) is 11.6 Å². The van der Waals surface area contributed by atoms with Crippen LogP contribution in [0.15, 0.2) is 57.7 Å². The maximum Gasteiger partial charge on any atom is 0.419 e. The topological polar surface area (TPSA) is 55.5 Å². The maximum atomic E-state index is 12.8. The highest BCUT2D eigenvalue weighted by atomic mass is 16.4. The number of oxazole rings is 1. The van der Waals surface area contributed by atoms with Crippen LogP contribution in [0.5, 0.6) is 0 Å². The number of rotatable bonds is 4. The van der Waals surface area contributed by atoms with E-state index in [0.29, 0.717) is 12.1 Å². The molecule has 0 aliphatic heterocycles. The molecule has 5 heteroatoms. The SMILES string of the molecule is CN(C(=O)CCn1c(=O)oc2ccccc21)[C@H]1CCCc2ccccc21. The summed E-state index contributed by atoms with van der Waals surface area (Å²) in [4.78, 5) is 26.7. The van der Waals surface area contributed by atoms with E-state index < -0.39 is 5.76 Å². The zero-order valence-corrected chi connectivity index (χ0v) is 14.9. The number of carbonyl (C=O) groups is 1. The Kier molecular flexibility index (Phi) is 4.37. The zero-order chi connectivity index (χ0) is 18.1. The van der Waals surface area contributed by atoms with Gasteiger partial charge in [-0.2, -0.15) is 0 Å². The number of amides is 1. The first kappa shape index (κ1) is 16.6. The molecule has 2 aromatic carbocycles. The number of aromatic nitrogens is 1. The first-order chi connectivity index (χ1) is 12.6. The number of hydrogen-bond acceptors (Lipinski definition) is 3. The van der Waals surface area contributed by atoms with Crippen LogP contribution in [0.1, 0.15) is 36.4 Å².